The van der Waals surface area contributed by atoms with Gasteiger partial charge < -0.3 is 4.74 Å². The fraction of sp³-hybridized carbons (Fsp3) is 0.190. The SMILES string of the molecule is C=Cc1nnc2n1-c1ccc(Br)cc1C(c1ccccn1)=N[C@H]2CCC(=O)OC. The van der Waals surface area contributed by atoms with Crippen molar-refractivity contribution < 1.29 is 9.53 Å². The van der Waals surface area contributed by atoms with Crippen molar-refractivity contribution in [3.05, 3.63) is 76.6 Å². The van der Waals surface area contributed by atoms with Crippen LogP contribution in [0.4, 0.5) is 0 Å². The smallest absolute Gasteiger partial charge is 0.305 e. The first kappa shape index (κ1) is 19.2. The van der Waals surface area contributed by atoms with Crippen molar-refractivity contribution in [2.24, 2.45) is 4.99 Å². The molecular formula is C21H18BrN5O2. The van der Waals surface area contributed by atoms with E-state index in [-0.39, 0.29) is 12.4 Å². The van der Waals surface area contributed by atoms with Crippen LogP contribution in [-0.4, -0.2) is 38.5 Å². The van der Waals surface area contributed by atoms with Gasteiger partial charge >= 0.3 is 5.97 Å². The number of halogens is 1. The van der Waals surface area contributed by atoms with Gasteiger partial charge in [0.05, 0.1) is 24.2 Å². The number of pyridine rings is 1. The van der Waals surface area contributed by atoms with Gasteiger partial charge in [0, 0.05) is 22.7 Å². The highest BCUT2D eigenvalue weighted by molar-refractivity contribution is 9.10. The summed E-state index contributed by atoms with van der Waals surface area (Å²) >= 11 is 3.56. The minimum absolute atomic E-state index is 0.219. The molecule has 8 heteroatoms. The van der Waals surface area contributed by atoms with E-state index in [0.29, 0.717) is 18.1 Å². The molecule has 0 amide bonds. The quantitative estimate of drug-likeness (QED) is 0.549. The van der Waals surface area contributed by atoms with E-state index in [1.54, 1.807) is 12.3 Å². The molecule has 2 aromatic heterocycles. The Hall–Kier alpha value is -3.13. The van der Waals surface area contributed by atoms with Crippen molar-refractivity contribution in [1.82, 2.24) is 19.7 Å². The lowest BCUT2D eigenvalue weighted by Crippen LogP contribution is -2.09. The average Bonchev–Trinajstić information content (AvgIpc) is 3.12. The average molecular weight is 452 g/mol. The van der Waals surface area contributed by atoms with E-state index in [4.69, 9.17) is 9.73 Å². The minimum atomic E-state index is -0.390. The second kappa shape index (κ2) is 8.08. The van der Waals surface area contributed by atoms with Crippen LogP contribution in [0, 0.1) is 0 Å². The zero-order valence-electron chi connectivity index (χ0n) is 15.7. The molecule has 146 valence electrons. The Morgan fingerprint density at radius 1 is 1.31 bits per heavy atom. The number of hydrogen-bond acceptors (Lipinski definition) is 6. The van der Waals surface area contributed by atoms with Crippen LogP contribution in [0.5, 0.6) is 0 Å². The Bertz CT molecular complexity index is 1110. The maximum atomic E-state index is 11.8. The number of rotatable bonds is 5. The normalized spacial score (nSPS) is 15.0. The molecule has 1 aliphatic heterocycles. The number of methoxy groups -OCH3 is 1. The molecule has 3 aromatic rings. The molecule has 0 spiro atoms. The molecule has 0 aliphatic carbocycles. The van der Waals surface area contributed by atoms with Gasteiger partial charge in [-0.1, -0.05) is 28.6 Å². The summed E-state index contributed by atoms with van der Waals surface area (Å²) in [6.45, 7) is 3.87. The van der Waals surface area contributed by atoms with E-state index in [0.717, 1.165) is 27.1 Å². The molecule has 7 nitrogen and oxygen atoms in total. The van der Waals surface area contributed by atoms with Crippen LogP contribution in [0.2, 0.25) is 0 Å². The number of hydrogen-bond donors (Lipinski definition) is 0. The summed E-state index contributed by atoms with van der Waals surface area (Å²) in [5.74, 6) is 0.974. The summed E-state index contributed by atoms with van der Waals surface area (Å²) in [5.41, 5.74) is 3.25. The Morgan fingerprint density at radius 2 is 2.17 bits per heavy atom. The monoisotopic (exact) mass is 451 g/mol. The van der Waals surface area contributed by atoms with Crippen molar-refractivity contribution in [3.63, 3.8) is 0 Å². The van der Waals surface area contributed by atoms with Gasteiger partial charge in [-0.15, -0.1) is 10.2 Å². The highest BCUT2D eigenvalue weighted by atomic mass is 79.9. The van der Waals surface area contributed by atoms with Crippen LogP contribution in [0.1, 0.15) is 41.8 Å². The highest BCUT2D eigenvalue weighted by Crippen LogP contribution is 2.34. The van der Waals surface area contributed by atoms with Crippen molar-refractivity contribution >= 4 is 33.7 Å². The van der Waals surface area contributed by atoms with Crippen molar-refractivity contribution in [2.75, 3.05) is 7.11 Å². The molecule has 29 heavy (non-hydrogen) atoms. The third-order valence-electron chi connectivity index (χ3n) is 4.69. The predicted octanol–water partition coefficient (Wildman–Crippen LogP) is 3.91. The second-order valence-corrected chi connectivity index (χ2v) is 7.36. The lowest BCUT2D eigenvalue weighted by atomic mass is 10.0. The Kier molecular flexibility index (Phi) is 5.35. The zero-order chi connectivity index (χ0) is 20.4. The Morgan fingerprint density at radius 3 is 2.90 bits per heavy atom. The number of carbonyl (C=O) groups excluding carboxylic acids is 1. The topological polar surface area (TPSA) is 82.3 Å². The summed E-state index contributed by atoms with van der Waals surface area (Å²) in [4.78, 5) is 21.3. The lowest BCUT2D eigenvalue weighted by molar-refractivity contribution is -0.140. The van der Waals surface area contributed by atoms with Gasteiger partial charge in [-0.3, -0.25) is 19.3 Å². The van der Waals surface area contributed by atoms with E-state index in [9.17, 15) is 4.79 Å². The van der Waals surface area contributed by atoms with E-state index in [2.05, 4.69) is 37.7 Å². The van der Waals surface area contributed by atoms with Gasteiger partial charge in [-0.2, -0.15) is 0 Å². The first-order valence-corrected chi connectivity index (χ1v) is 9.85. The fourth-order valence-corrected chi connectivity index (χ4v) is 3.70. The molecule has 1 aromatic carbocycles. The largest absolute Gasteiger partial charge is 0.469 e. The molecule has 0 fully saturated rings. The maximum absolute atomic E-state index is 11.8. The maximum Gasteiger partial charge on any atom is 0.305 e. The van der Waals surface area contributed by atoms with E-state index < -0.39 is 6.04 Å². The van der Waals surface area contributed by atoms with Crippen LogP contribution < -0.4 is 0 Å². The third kappa shape index (κ3) is 3.63. The zero-order valence-corrected chi connectivity index (χ0v) is 17.3. The Labute approximate surface area is 176 Å². The van der Waals surface area contributed by atoms with Crippen LogP contribution >= 0.6 is 15.9 Å². The number of aliphatic imine (C=N–C) groups is 1. The number of esters is 1. The van der Waals surface area contributed by atoms with E-state index in [1.165, 1.54) is 7.11 Å². The lowest BCUT2D eigenvalue weighted by Gasteiger charge is -2.13. The second-order valence-electron chi connectivity index (χ2n) is 6.44. The highest BCUT2D eigenvalue weighted by Gasteiger charge is 2.29. The molecule has 1 aliphatic rings. The van der Waals surface area contributed by atoms with Crippen molar-refractivity contribution in [2.45, 2.75) is 18.9 Å². The molecule has 4 rings (SSSR count). The number of carbonyl (C=O) groups is 1. The van der Waals surface area contributed by atoms with Crippen molar-refractivity contribution in [3.8, 4) is 5.69 Å². The summed E-state index contributed by atoms with van der Waals surface area (Å²) < 4.78 is 7.67. The molecule has 0 radical (unpaired) electrons. The number of fused-ring (bicyclic) bond motifs is 3. The van der Waals surface area contributed by atoms with E-state index >= 15 is 0 Å². The van der Waals surface area contributed by atoms with Crippen LogP contribution in [0.3, 0.4) is 0 Å². The standard InChI is InChI=1S/C21H18BrN5O2/c1-3-18-25-26-21-16(8-10-19(28)29-2)24-20(15-6-4-5-11-23-15)14-12-13(22)7-9-17(14)27(18)21/h3-7,9,11-12,16H,1,8,10H2,2H3/t16-/m0/s1. The molecule has 0 bridgehead atoms. The molecule has 1 atom stereocenters. The molecule has 0 unspecified atom stereocenters. The first-order valence-electron chi connectivity index (χ1n) is 9.06. The summed E-state index contributed by atoms with van der Waals surface area (Å²) in [7, 11) is 1.38. The third-order valence-corrected chi connectivity index (χ3v) is 5.18. The number of ether oxygens (including phenoxy) is 1. The van der Waals surface area contributed by atoms with Gasteiger partial charge in [0.1, 0.15) is 6.04 Å². The molecule has 0 saturated heterocycles. The summed E-state index contributed by atoms with van der Waals surface area (Å²) in [6.07, 6.45) is 4.05. The van der Waals surface area contributed by atoms with Gasteiger partial charge in [-0.25, -0.2) is 0 Å². The number of aromatic nitrogens is 4. The number of nitrogens with zero attached hydrogens (tertiary/aromatic N) is 5. The predicted molar refractivity (Wildman–Crippen MR) is 113 cm³/mol. The molecule has 3 heterocycles. The summed E-state index contributed by atoms with van der Waals surface area (Å²) in [5, 5.41) is 8.63. The van der Waals surface area contributed by atoms with Crippen LogP contribution in [0.25, 0.3) is 11.8 Å². The van der Waals surface area contributed by atoms with Crippen LogP contribution in [0.15, 0.2) is 58.6 Å². The van der Waals surface area contributed by atoms with E-state index in [1.807, 2.05) is 41.0 Å². The van der Waals surface area contributed by atoms with Gasteiger partial charge in [-0.05, 0) is 42.8 Å². The van der Waals surface area contributed by atoms with Gasteiger partial charge in [0.25, 0.3) is 0 Å². The molecular weight excluding hydrogens is 434 g/mol. The minimum Gasteiger partial charge on any atom is -0.469 e. The van der Waals surface area contributed by atoms with Gasteiger partial charge in [0.2, 0.25) is 0 Å². The van der Waals surface area contributed by atoms with Gasteiger partial charge in [0.15, 0.2) is 11.6 Å². The molecule has 0 N–H and O–H groups in total. The van der Waals surface area contributed by atoms with Crippen molar-refractivity contribution in [1.29, 1.82) is 0 Å². The first-order chi connectivity index (χ1) is 14.1. The van der Waals surface area contributed by atoms with Crippen LogP contribution in [-0.2, 0) is 9.53 Å². The summed E-state index contributed by atoms with van der Waals surface area (Å²) in [6, 6.07) is 11.3. The molecule has 0 saturated carbocycles. The number of benzene rings is 1. The Balaban J connectivity index is 1.95. The fourth-order valence-electron chi connectivity index (χ4n) is 3.34.